The molecular weight excluding hydrogens is 320 g/mol. The third-order valence-electron chi connectivity index (χ3n) is 5.38. The van der Waals surface area contributed by atoms with Crippen LogP contribution in [0.3, 0.4) is 0 Å². The van der Waals surface area contributed by atoms with Crippen molar-refractivity contribution in [1.82, 2.24) is 9.80 Å². The van der Waals surface area contributed by atoms with Crippen LogP contribution in [0.15, 0.2) is 54.6 Å². The van der Waals surface area contributed by atoms with Crippen molar-refractivity contribution in [3.8, 4) is 0 Å². The summed E-state index contributed by atoms with van der Waals surface area (Å²) in [4.78, 5) is 17.4. The zero-order valence-electron chi connectivity index (χ0n) is 16.0. The van der Waals surface area contributed by atoms with Crippen LogP contribution in [-0.4, -0.2) is 41.4 Å². The van der Waals surface area contributed by atoms with Crippen LogP contribution < -0.4 is 0 Å². The van der Waals surface area contributed by atoms with E-state index in [2.05, 4.69) is 78.2 Å². The Labute approximate surface area is 157 Å². The third kappa shape index (κ3) is 4.95. The zero-order chi connectivity index (χ0) is 18.4. The third-order valence-corrected chi connectivity index (χ3v) is 5.38. The van der Waals surface area contributed by atoms with Gasteiger partial charge in [0.15, 0.2) is 0 Å². The molecule has 0 atom stereocenters. The Morgan fingerprint density at radius 3 is 2.27 bits per heavy atom. The smallest absolute Gasteiger partial charge is 0.227 e. The summed E-state index contributed by atoms with van der Waals surface area (Å²) in [6.07, 6.45) is 2.65. The van der Waals surface area contributed by atoms with E-state index in [1.807, 2.05) is 0 Å². The van der Waals surface area contributed by atoms with Crippen molar-refractivity contribution in [2.75, 3.05) is 19.6 Å². The van der Waals surface area contributed by atoms with Gasteiger partial charge in [-0.25, -0.2) is 0 Å². The lowest BCUT2D eigenvalue weighted by atomic mass is 10.0. The summed E-state index contributed by atoms with van der Waals surface area (Å²) in [6, 6.07) is 19.3. The normalized spacial score (nSPS) is 15.8. The average molecular weight is 351 g/mol. The number of hydrogen-bond acceptors (Lipinski definition) is 2. The van der Waals surface area contributed by atoms with E-state index in [1.54, 1.807) is 0 Å². The first-order valence-electron chi connectivity index (χ1n) is 9.77. The van der Waals surface area contributed by atoms with Gasteiger partial charge in [-0.1, -0.05) is 60.2 Å². The minimum atomic E-state index is 0.262. The molecule has 3 nitrogen and oxygen atoms in total. The van der Waals surface area contributed by atoms with Crippen LogP contribution >= 0.6 is 0 Å². The molecule has 3 rings (SSSR count). The summed E-state index contributed by atoms with van der Waals surface area (Å²) in [5.41, 5.74) is 3.72. The van der Waals surface area contributed by atoms with E-state index in [0.29, 0.717) is 12.5 Å². The topological polar surface area (TPSA) is 23.6 Å². The van der Waals surface area contributed by atoms with E-state index < -0.39 is 0 Å². The number of rotatable bonds is 6. The minimum Gasteiger partial charge on any atom is -0.340 e. The highest BCUT2D eigenvalue weighted by Crippen LogP contribution is 2.19. The SMILES string of the molecule is CCN(C(=O)Cc1ccc(C)cc1)C1CCN(Cc2ccccc2)CC1. The Hall–Kier alpha value is -2.13. The Kier molecular flexibility index (Phi) is 6.45. The molecule has 1 fully saturated rings. The quantitative estimate of drug-likeness (QED) is 0.785. The molecule has 2 aromatic carbocycles. The number of piperidine rings is 1. The summed E-state index contributed by atoms with van der Waals surface area (Å²) in [5, 5.41) is 0. The largest absolute Gasteiger partial charge is 0.340 e. The Bertz CT molecular complexity index is 688. The van der Waals surface area contributed by atoms with Crippen LogP contribution in [0.2, 0.25) is 0 Å². The molecule has 0 N–H and O–H groups in total. The lowest BCUT2D eigenvalue weighted by molar-refractivity contribution is -0.133. The van der Waals surface area contributed by atoms with Gasteiger partial charge in [-0.05, 0) is 37.8 Å². The molecule has 0 spiro atoms. The van der Waals surface area contributed by atoms with Crippen molar-refractivity contribution in [3.63, 3.8) is 0 Å². The number of likely N-dealkylation sites (tertiary alicyclic amines) is 1. The molecule has 0 radical (unpaired) electrons. The molecule has 26 heavy (non-hydrogen) atoms. The zero-order valence-corrected chi connectivity index (χ0v) is 16.0. The van der Waals surface area contributed by atoms with Crippen molar-refractivity contribution in [2.24, 2.45) is 0 Å². The predicted octanol–water partition coefficient (Wildman–Crippen LogP) is 4.05. The van der Waals surface area contributed by atoms with Crippen LogP contribution in [0.1, 0.15) is 36.5 Å². The van der Waals surface area contributed by atoms with E-state index in [4.69, 9.17) is 0 Å². The number of benzene rings is 2. The number of nitrogens with zero attached hydrogens (tertiary/aromatic N) is 2. The highest BCUT2D eigenvalue weighted by atomic mass is 16.2. The number of hydrogen-bond donors (Lipinski definition) is 0. The van der Waals surface area contributed by atoms with E-state index >= 15 is 0 Å². The maximum absolute atomic E-state index is 12.8. The standard InChI is InChI=1S/C23H30N2O/c1-3-25(23(26)17-20-11-9-19(2)10-12-20)22-13-15-24(16-14-22)18-21-7-5-4-6-8-21/h4-12,22H,3,13-18H2,1-2H3. The average Bonchev–Trinajstić information content (AvgIpc) is 2.66. The molecular formula is C23H30N2O. The second kappa shape index (κ2) is 9.00. The van der Waals surface area contributed by atoms with Crippen LogP contribution in [0, 0.1) is 6.92 Å². The van der Waals surface area contributed by atoms with Crippen molar-refractivity contribution >= 4 is 5.91 Å². The fraction of sp³-hybridized carbons (Fsp3) is 0.435. The lowest BCUT2D eigenvalue weighted by Crippen LogP contribution is -2.47. The molecule has 2 aromatic rings. The highest BCUT2D eigenvalue weighted by Gasteiger charge is 2.26. The van der Waals surface area contributed by atoms with E-state index in [0.717, 1.165) is 44.6 Å². The maximum atomic E-state index is 12.8. The molecule has 1 aliphatic heterocycles. The van der Waals surface area contributed by atoms with Crippen LogP contribution in [0.25, 0.3) is 0 Å². The van der Waals surface area contributed by atoms with Gasteiger partial charge in [-0.2, -0.15) is 0 Å². The van der Waals surface area contributed by atoms with Crippen LogP contribution in [0.4, 0.5) is 0 Å². The monoisotopic (exact) mass is 350 g/mol. The van der Waals surface area contributed by atoms with Crippen molar-refractivity contribution in [3.05, 3.63) is 71.3 Å². The van der Waals surface area contributed by atoms with Gasteiger partial charge in [0.25, 0.3) is 0 Å². The fourth-order valence-corrected chi connectivity index (χ4v) is 3.85. The molecule has 1 amide bonds. The van der Waals surface area contributed by atoms with Crippen molar-refractivity contribution < 1.29 is 4.79 Å². The number of amides is 1. The van der Waals surface area contributed by atoms with Gasteiger partial charge >= 0.3 is 0 Å². The van der Waals surface area contributed by atoms with E-state index in [1.165, 1.54) is 11.1 Å². The second-order valence-electron chi connectivity index (χ2n) is 7.34. The van der Waals surface area contributed by atoms with Crippen molar-refractivity contribution in [2.45, 2.75) is 45.7 Å². The summed E-state index contributed by atoms with van der Waals surface area (Å²) >= 11 is 0. The number of likely N-dealkylation sites (N-methyl/N-ethyl adjacent to an activating group) is 1. The van der Waals surface area contributed by atoms with Gasteiger partial charge in [-0.15, -0.1) is 0 Å². The Morgan fingerprint density at radius 2 is 1.65 bits per heavy atom. The first-order valence-corrected chi connectivity index (χ1v) is 9.77. The van der Waals surface area contributed by atoms with Gasteiger partial charge < -0.3 is 4.90 Å². The van der Waals surface area contributed by atoms with Gasteiger partial charge in [0.2, 0.25) is 5.91 Å². The summed E-state index contributed by atoms with van der Waals surface area (Å²) in [5.74, 6) is 0.262. The summed E-state index contributed by atoms with van der Waals surface area (Å²) < 4.78 is 0. The minimum absolute atomic E-state index is 0.262. The summed E-state index contributed by atoms with van der Waals surface area (Å²) in [7, 11) is 0. The highest BCUT2D eigenvalue weighted by molar-refractivity contribution is 5.79. The Balaban J connectivity index is 1.52. The van der Waals surface area contributed by atoms with Crippen LogP contribution in [-0.2, 0) is 17.8 Å². The number of aryl methyl sites for hydroxylation is 1. The molecule has 1 saturated heterocycles. The number of carbonyl (C=O) groups excluding carboxylic acids is 1. The van der Waals surface area contributed by atoms with Gasteiger partial charge in [0.1, 0.15) is 0 Å². The first kappa shape index (κ1) is 18.7. The summed E-state index contributed by atoms with van der Waals surface area (Å²) in [6.45, 7) is 8.11. The molecule has 1 heterocycles. The van der Waals surface area contributed by atoms with E-state index in [9.17, 15) is 4.79 Å². The van der Waals surface area contributed by atoms with Crippen LogP contribution in [0.5, 0.6) is 0 Å². The molecule has 0 bridgehead atoms. The van der Waals surface area contributed by atoms with Crippen molar-refractivity contribution in [1.29, 1.82) is 0 Å². The number of carbonyl (C=O) groups is 1. The first-order chi connectivity index (χ1) is 12.7. The molecule has 3 heteroatoms. The molecule has 1 aliphatic rings. The second-order valence-corrected chi connectivity index (χ2v) is 7.34. The maximum Gasteiger partial charge on any atom is 0.227 e. The molecule has 0 saturated carbocycles. The lowest BCUT2D eigenvalue weighted by Gasteiger charge is -2.38. The predicted molar refractivity (Wildman–Crippen MR) is 107 cm³/mol. The molecule has 138 valence electrons. The van der Waals surface area contributed by atoms with Gasteiger partial charge in [-0.3, -0.25) is 9.69 Å². The fourth-order valence-electron chi connectivity index (χ4n) is 3.85. The molecule has 0 aliphatic carbocycles. The van der Waals surface area contributed by atoms with Gasteiger partial charge in [0, 0.05) is 32.2 Å². The van der Waals surface area contributed by atoms with Gasteiger partial charge in [0.05, 0.1) is 6.42 Å². The molecule has 0 unspecified atom stereocenters. The Morgan fingerprint density at radius 1 is 1.00 bits per heavy atom. The molecule has 0 aromatic heterocycles. The van der Waals surface area contributed by atoms with E-state index in [-0.39, 0.29) is 5.91 Å².